The Kier molecular flexibility index (Phi) is 6.72. The average Bonchev–Trinajstić information content (AvgIpc) is 2.68. The molecule has 0 spiro atoms. The van der Waals surface area contributed by atoms with Crippen LogP contribution in [0.5, 0.6) is 0 Å². The second-order valence-corrected chi connectivity index (χ2v) is 7.66. The number of rotatable bonds is 4. The molecule has 0 aromatic heterocycles. The first kappa shape index (κ1) is 19.4. The van der Waals surface area contributed by atoms with Crippen LogP contribution in [0.3, 0.4) is 0 Å². The van der Waals surface area contributed by atoms with Crippen molar-refractivity contribution in [2.45, 2.75) is 44.8 Å². The van der Waals surface area contributed by atoms with Crippen molar-refractivity contribution in [1.29, 1.82) is 0 Å². The quantitative estimate of drug-likeness (QED) is 0.658. The fraction of sp³-hybridized carbons (Fsp3) is 0.889. The van der Waals surface area contributed by atoms with E-state index in [4.69, 9.17) is 0 Å². The van der Waals surface area contributed by atoms with Crippen molar-refractivity contribution >= 4 is 12.0 Å². The van der Waals surface area contributed by atoms with Gasteiger partial charge >= 0.3 is 12.0 Å². The highest BCUT2D eigenvalue weighted by molar-refractivity contribution is 5.75. The van der Waals surface area contributed by atoms with Crippen molar-refractivity contribution in [3.05, 3.63) is 0 Å². The topological polar surface area (TPSA) is 88.2 Å². The molecule has 3 N–H and O–H groups in total. The van der Waals surface area contributed by atoms with E-state index in [9.17, 15) is 14.7 Å². The van der Waals surface area contributed by atoms with Crippen molar-refractivity contribution in [3.8, 4) is 0 Å². The monoisotopic (exact) mass is 367 g/mol. The zero-order valence-electron chi connectivity index (χ0n) is 15.8. The summed E-state index contributed by atoms with van der Waals surface area (Å²) in [6.07, 6.45) is 3.35. The minimum atomic E-state index is -0.754. The van der Waals surface area contributed by atoms with E-state index in [2.05, 4.69) is 27.4 Å². The van der Waals surface area contributed by atoms with Crippen LogP contribution in [0.25, 0.3) is 0 Å². The summed E-state index contributed by atoms with van der Waals surface area (Å²) in [6, 6.07) is 0.594. The maximum absolute atomic E-state index is 12.7. The normalized spacial score (nSPS) is 29.5. The van der Waals surface area contributed by atoms with Gasteiger partial charge in [-0.2, -0.15) is 0 Å². The number of carbonyl (C=O) groups is 2. The van der Waals surface area contributed by atoms with E-state index in [-0.39, 0.29) is 18.1 Å². The lowest BCUT2D eigenvalue weighted by Crippen LogP contribution is -2.59. The highest BCUT2D eigenvalue weighted by atomic mass is 16.4. The van der Waals surface area contributed by atoms with Crippen molar-refractivity contribution in [2.75, 3.05) is 52.4 Å². The van der Waals surface area contributed by atoms with Crippen molar-refractivity contribution in [3.63, 3.8) is 0 Å². The van der Waals surface area contributed by atoms with Crippen LogP contribution < -0.4 is 10.6 Å². The Balaban J connectivity index is 1.48. The molecule has 2 atom stereocenters. The smallest absolute Gasteiger partial charge is 0.318 e. The number of carbonyl (C=O) groups excluding carboxylic acids is 1. The van der Waals surface area contributed by atoms with Gasteiger partial charge in [-0.25, -0.2) is 4.79 Å². The number of aliphatic carboxylic acids is 1. The summed E-state index contributed by atoms with van der Waals surface area (Å²) < 4.78 is 0. The van der Waals surface area contributed by atoms with Gasteiger partial charge in [-0.1, -0.05) is 6.92 Å². The van der Waals surface area contributed by atoms with Gasteiger partial charge in [0.15, 0.2) is 0 Å². The largest absolute Gasteiger partial charge is 0.481 e. The van der Waals surface area contributed by atoms with Crippen LogP contribution in [-0.4, -0.2) is 96.4 Å². The van der Waals surface area contributed by atoms with Crippen LogP contribution in [0.1, 0.15) is 32.6 Å². The van der Waals surface area contributed by atoms with E-state index < -0.39 is 5.97 Å². The lowest BCUT2D eigenvalue weighted by Gasteiger charge is -2.42. The number of carboxylic acids is 1. The molecule has 0 saturated carbocycles. The molecule has 3 rings (SSSR count). The predicted octanol–water partition coefficient (Wildman–Crippen LogP) is 0.208. The number of likely N-dealkylation sites (tertiary alicyclic amines) is 1. The third kappa shape index (κ3) is 4.66. The molecule has 3 heterocycles. The molecule has 2 unspecified atom stereocenters. The van der Waals surface area contributed by atoms with E-state index in [1.807, 2.05) is 4.90 Å². The van der Waals surface area contributed by atoms with Crippen LogP contribution in [0.4, 0.5) is 4.79 Å². The molecular formula is C18H33N5O3. The second kappa shape index (κ2) is 9.01. The van der Waals surface area contributed by atoms with Crippen LogP contribution in [0.2, 0.25) is 0 Å². The maximum Gasteiger partial charge on any atom is 0.318 e. The number of amides is 2. The van der Waals surface area contributed by atoms with Gasteiger partial charge < -0.3 is 20.6 Å². The number of urea groups is 1. The van der Waals surface area contributed by atoms with Crippen molar-refractivity contribution in [1.82, 2.24) is 25.3 Å². The maximum atomic E-state index is 12.7. The molecule has 3 saturated heterocycles. The van der Waals surface area contributed by atoms with Gasteiger partial charge in [0.1, 0.15) is 0 Å². The first-order valence-electron chi connectivity index (χ1n) is 10.1. The third-order valence-corrected chi connectivity index (χ3v) is 6.19. The minimum absolute atomic E-state index is 0.0514. The number of hydrogen-bond acceptors (Lipinski definition) is 5. The summed E-state index contributed by atoms with van der Waals surface area (Å²) in [6.45, 7) is 9.12. The molecule has 8 heteroatoms. The van der Waals surface area contributed by atoms with Gasteiger partial charge in [-0.15, -0.1) is 0 Å². The van der Waals surface area contributed by atoms with Crippen LogP contribution in [-0.2, 0) is 4.79 Å². The Morgan fingerprint density at radius 1 is 1.08 bits per heavy atom. The van der Waals surface area contributed by atoms with E-state index in [0.29, 0.717) is 18.9 Å². The highest BCUT2D eigenvalue weighted by Crippen LogP contribution is 2.22. The number of hydrogen-bond donors (Lipinski definition) is 3. The lowest BCUT2D eigenvalue weighted by atomic mass is 9.94. The summed E-state index contributed by atoms with van der Waals surface area (Å²) in [7, 11) is 0. The molecular weight excluding hydrogens is 334 g/mol. The van der Waals surface area contributed by atoms with Crippen molar-refractivity contribution in [2.24, 2.45) is 5.92 Å². The highest BCUT2D eigenvalue weighted by Gasteiger charge is 2.34. The van der Waals surface area contributed by atoms with E-state index in [1.165, 1.54) is 12.8 Å². The van der Waals surface area contributed by atoms with E-state index in [1.54, 1.807) is 0 Å². The summed E-state index contributed by atoms with van der Waals surface area (Å²) in [5.41, 5.74) is 0. The Labute approximate surface area is 155 Å². The lowest BCUT2D eigenvalue weighted by molar-refractivity contribution is -0.144. The zero-order chi connectivity index (χ0) is 18.5. The first-order chi connectivity index (χ1) is 12.6. The SMILES string of the molecule is CCN1CCC(C(=O)O)CC1NC(=O)N1CCN(C2CCNCC2)CC1. The molecule has 8 nitrogen and oxygen atoms in total. The Hall–Kier alpha value is -1.38. The Morgan fingerprint density at radius 2 is 1.77 bits per heavy atom. The van der Waals surface area contributed by atoms with Crippen LogP contribution in [0.15, 0.2) is 0 Å². The molecule has 0 aromatic carbocycles. The Morgan fingerprint density at radius 3 is 2.38 bits per heavy atom. The molecule has 26 heavy (non-hydrogen) atoms. The fourth-order valence-corrected chi connectivity index (χ4v) is 4.46. The predicted molar refractivity (Wildman–Crippen MR) is 99.0 cm³/mol. The molecule has 0 aromatic rings. The van der Waals surface area contributed by atoms with Crippen molar-refractivity contribution < 1.29 is 14.7 Å². The Bertz CT molecular complexity index is 489. The fourth-order valence-electron chi connectivity index (χ4n) is 4.46. The van der Waals surface area contributed by atoms with Gasteiger partial charge in [-0.05, 0) is 45.3 Å². The summed E-state index contributed by atoms with van der Waals surface area (Å²) in [5, 5.41) is 15.8. The summed E-state index contributed by atoms with van der Waals surface area (Å²) in [5.74, 6) is -1.12. The van der Waals surface area contributed by atoms with Gasteiger partial charge in [0, 0.05) is 38.8 Å². The first-order valence-corrected chi connectivity index (χ1v) is 10.1. The summed E-state index contributed by atoms with van der Waals surface area (Å²) in [4.78, 5) is 30.6. The molecule has 3 aliphatic heterocycles. The van der Waals surface area contributed by atoms with E-state index in [0.717, 1.165) is 52.4 Å². The number of nitrogens with zero attached hydrogens (tertiary/aromatic N) is 3. The number of carboxylic acid groups (broad SMARTS) is 1. The van der Waals surface area contributed by atoms with Crippen LogP contribution in [0, 0.1) is 5.92 Å². The van der Waals surface area contributed by atoms with Gasteiger partial charge in [0.25, 0.3) is 0 Å². The minimum Gasteiger partial charge on any atom is -0.481 e. The third-order valence-electron chi connectivity index (χ3n) is 6.19. The number of piperidine rings is 2. The summed E-state index contributed by atoms with van der Waals surface area (Å²) >= 11 is 0. The second-order valence-electron chi connectivity index (χ2n) is 7.66. The average molecular weight is 367 g/mol. The molecule has 0 radical (unpaired) electrons. The molecule has 0 aliphatic carbocycles. The molecule has 3 fully saturated rings. The van der Waals surface area contributed by atoms with Gasteiger partial charge in [-0.3, -0.25) is 14.6 Å². The van der Waals surface area contributed by atoms with E-state index >= 15 is 0 Å². The molecule has 148 valence electrons. The zero-order valence-corrected chi connectivity index (χ0v) is 15.8. The van der Waals surface area contributed by atoms with Gasteiger partial charge in [0.2, 0.25) is 0 Å². The van der Waals surface area contributed by atoms with Crippen LogP contribution >= 0.6 is 0 Å². The number of piperazine rings is 1. The van der Waals surface area contributed by atoms with Gasteiger partial charge in [0.05, 0.1) is 12.1 Å². The molecule has 0 bridgehead atoms. The molecule has 3 aliphatic rings. The molecule has 2 amide bonds. The standard InChI is InChI=1S/C18H33N5O3/c1-2-21-8-5-14(17(24)25)13-16(21)20-18(26)23-11-9-22(10-12-23)15-3-6-19-7-4-15/h14-16,19H,2-13H2,1H3,(H,20,26)(H,24,25). The number of nitrogens with one attached hydrogen (secondary N) is 2.